The smallest absolute Gasteiger partial charge is 0.173 e. The average molecular weight is 315 g/mol. The second-order valence-corrected chi connectivity index (χ2v) is 5.59. The minimum Gasteiger partial charge on any atom is -0.326 e. The van der Waals surface area contributed by atoms with Crippen LogP contribution in [0.3, 0.4) is 0 Å². The first-order chi connectivity index (χ1) is 9.11. The molecule has 0 aliphatic heterocycles. The van der Waals surface area contributed by atoms with Crippen LogP contribution in [0.2, 0.25) is 10.0 Å². The van der Waals surface area contributed by atoms with Crippen molar-refractivity contribution >= 4 is 40.7 Å². The van der Waals surface area contributed by atoms with Gasteiger partial charge in [-0.05, 0) is 25.1 Å². The molecule has 0 aliphatic rings. The minimum absolute atomic E-state index is 0.00854. The largest absolute Gasteiger partial charge is 0.326 e. The standard InChI is InChI=1S/C13H12Cl2N2OS/c1-2-17-6-5-16-13(17)19-8-12(18)9-3-4-10(14)11(15)7-9/h3-7H,2,8H2,1H3. The molecule has 6 heteroatoms. The van der Waals surface area contributed by atoms with Crippen LogP contribution in [0.1, 0.15) is 17.3 Å². The van der Waals surface area contributed by atoms with Crippen molar-refractivity contribution < 1.29 is 4.79 Å². The minimum atomic E-state index is 0.00854. The number of thioether (sulfide) groups is 1. The first-order valence-corrected chi connectivity index (χ1v) is 7.48. The van der Waals surface area contributed by atoms with Gasteiger partial charge in [0, 0.05) is 24.5 Å². The summed E-state index contributed by atoms with van der Waals surface area (Å²) in [5.41, 5.74) is 0.566. The van der Waals surface area contributed by atoms with E-state index in [2.05, 4.69) is 4.98 Å². The number of rotatable bonds is 5. The fourth-order valence-electron chi connectivity index (χ4n) is 1.56. The van der Waals surface area contributed by atoms with Crippen molar-refractivity contribution in [3.63, 3.8) is 0 Å². The lowest BCUT2D eigenvalue weighted by Crippen LogP contribution is -2.04. The molecule has 2 rings (SSSR count). The van der Waals surface area contributed by atoms with Crippen molar-refractivity contribution in [2.75, 3.05) is 5.75 Å². The second-order valence-electron chi connectivity index (χ2n) is 3.84. The van der Waals surface area contributed by atoms with Crippen LogP contribution in [-0.2, 0) is 6.54 Å². The van der Waals surface area contributed by atoms with Crippen molar-refractivity contribution in [1.82, 2.24) is 9.55 Å². The zero-order valence-corrected chi connectivity index (χ0v) is 12.6. The Kier molecular flexibility index (Phi) is 4.91. The van der Waals surface area contributed by atoms with Gasteiger partial charge in [0.1, 0.15) is 0 Å². The lowest BCUT2D eigenvalue weighted by atomic mass is 10.1. The van der Waals surface area contributed by atoms with Gasteiger partial charge in [0.2, 0.25) is 0 Å². The highest BCUT2D eigenvalue weighted by Gasteiger charge is 2.10. The fourth-order valence-corrected chi connectivity index (χ4v) is 2.78. The summed E-state index contributed by atoms with van der Waals surface area (Å²) >= 11 is 13.1. The van der Waals surface area contributed by atoms with E-state index >= 15 is 0 Å². The van der Waals surface area contributed by atoms with Crippen LogP contribution < -0.4 is 0 Å². The molecule has 0 radical (unpaired) electrons. The molecular weight excluding hydrogens is 303 g/mol. The number of carbonyl (C=O) groups excluding carboxylic acids is 1. The average Bonchev–Trinajstić information content (AvgIpc) is 2.86. The number of imidazole rings is 1. The Morgan fingerprint density at radius 3 is 2.84 bits per heavy atom. The Bertz CT molecular complexity index is 598. The van der Waals surface area contributed by atoms with E-state index in [0.717, 1.165) is 11.7 Å². The molecular formula is C13H12Cl2N2OS. The highest BCUT2D eigenvalue weighted by atomic mass is 35.5. The lowest BCUT2D eigenvalue weighted by molar-refractivity contribution is 0.102. The molecule has 1 aromatic heterocycles. The monoisotopic (exact) mass is 314 g/mol. The van der Waals surface area contributed by atoms with Crippen LogP contribution in [0, 0.1) is 0 Å². The van der Waals surface area contributed by atoms with E-state index in [1.165, 1.54) is 11.8 Å². The van der Waals surface area contributed by atoms with Crippen LogP contribution in [0.4, 0.5) is 0 Å². The SMILES string of the molecule is CCn1ccnc1SCC(=O)c1ccc(Cl)c(Cl)c1. The maximum atomic E-state index is 12.0. The summed E-state index contributed by atoms with van der Waals surface area (Å²) in [6, 6.07) is 4.91. The number of hydrogen-bond acceptors (Lipinski definition) is 3. The van der Waals surface area contributed by atoms with E-state index in [9.17, 15) is 4.79 Å². The third-order valence-corrected chi connectivity index (χ3v) is 4.34. The van der Waals surface area contributed by atoms with Crippen LogP contribution in [-0.4, -0.2) is 21.1 Å². The number of ketones is 1. The van der Waals surface area contributed by atoms with Gasteiger partial charge in [-0.25, -0.2) is 4.98 Å². The van der Waals surface area contributed by atoms with Gasteiger partial charge in [0.05, 0.1) is 15.8 Å². The molecule has 0 amide bonds. The molecule has 0 aliphatic carbocycles. The Labute approximate surface area is 125 Å². The predicted octanol–water partition coefficient (Wildman–Crippen LogP) is 4.18. The van der Waals surface area contributed by atoms with Gasteiger partial charge in [-0.3, -0.25) is 4.79 Å². The molecule has 100 valence electrons. The molecule has 0 saturated carbocycles. The maximum absolute atomic E-state index is 12.0. The van der Waals surface area contributed by atoms with Crippen molar-refractivity contribution in [2.45, 2.75) is 18.6 Å². The lowest BCUT2D eigenvalue weighted by Gasteiger charge is -2.04. The van der Waals surface area contributed by atoms with E-state index in [-0.39, 0.29) is 5.78 Å². The first kappa shape index (κ1) is 14.4. The van der Waals surface area contributed by atoms with Gasteiger partial charge in [0.25, 0.3) is 0 Å². The molecule has 3 nitrogen and oxygen atoms in total. The van der Waals surface area contributed by atoms with Crippen molar-refractivity contribution in [1.29, 1.82) is 0 Å². The number of aryl methyl sites for hydroxylation is 1. The molecule has 19 heavy (non-hydrogen) atoms. The Hall–Kier alpha value is -0.970. The van der Waals surface area contributed by atoms with Gasteiger partial charge in [-0.1, -0.05) is 35.0 Å². The quantitative estimate of drug-likeness (QED) is 0.613. The number of nitrogens with zero attached hydrogens (tertiary/aromatic N) is 2. The topological polar surface area (TPSA) is 34.9 Å². The Morgan fingerprint density at radius 1 is 1.37 bits per heavy atom. The number of carbonyl (C=O) groups is 1. The second kappa shape index (κ2) is 6.46. The molecule has 0 fully saturated rings. The highest BCUT2D eigenvalue weighted by Crippen LogP contribution is 2.24. The number of halogens is 2. The summed E-state index contributed by atoms with van der Waals surface area (Å²) in [7, 11) is 0. The van der Waals surface area contributed by atoms with Crippen LogP contribution >= 0.6 is 35.0 Å². The maximum Gasteiger partial charge on any atom is 0.173 e. The van der Waals surface area contributed by atoms with E-state index in [1.54, 1.807) is 24.4 Å². The fraction of sp³-hybridized carbons (Fsp3) is 0.231. The molecule has 0 atom stereocenters. The summed E-state index contributed by atoms with van der Waals surface area (Å²) in [5, 5.41) is 1.69. The number of hydrogen-bond donors (Lipinski definition) is 0. The van der Waals surface area contributed by atoms with Gasteiger partial charge < -0.3 is 4.57 Å². The molecule has 2 aromatic rings. The summed E-state index contributed by atoms with van der Waals surface area (Å²) in [6.45, 7) is 2.87. The van der Waals surface area contributed by atoms with E-state index in [0.29, 0.717) is 21.4 Å². The third kappa shape index (κ3) is 3.53. The van der Waals surface area contributed by atoms with E-state index < -0.39 is 0 Å². The van der Waals surface area contributed by atoms with Gasteiger partial charge in [-0.15, -0.1) is 0 Å². The molecule has 0 saturated heterocycles. The number of Topliss-reactive ketones (excluding diaryl/α,β-unsaturated/α-hetero) is 1. The van der Waals surface area contributed by atoms with Crippen molar-refractivity contribution in [3.8, 4) is 0 Å². The number of benzene rings is 1. The molecule has 0 bridgehead atoms. The van der Waals surface area contributed by atoms with Crippen LogP contribution in [0.5, 0.6) is 0 Å². The first-order valence-electron chi connectivity index (χ1n) is 5.74. The Morgan fingerprint density at radius 2 is 2.16 bits per heavy atom. The molecule has 1 heterocycles. The predicted molar refractivity (Wildman–Crippen MR) is 79.4 cm³/mol. The normalized spacial score (nSPS) is 10.7. The summed E-state index contributed by atoms with van der Waals surface area (Å²) < 4.78 is 1.99. The van der Waals surface area contributed by atoms with Gasteiger partial charge in [0.15, 0.2) is 10.9 Å². The van der Waals surface area contributed by atoms with Crippen LogP contribution in [0.15, 0.2) is 35.7 Å². The third-order valence-electron chi connectivity index (χ3n) is 2.59. The van der Waals surface area contributed by atoms with Crippen molar-refractivity contribution in [3.05, 3.63) is 46.2 Å². The van der Waals surface area contributed by atoms with E-state index in [1.807, 2.05) is 17.7 Å². The summed E-state index contributed by atoms with van der Waals surface area (Å²) in [5.74, 6) is 0.337. The molecule has 0 N–H and O–H groups in total. The number of aromatic nitrogens is 2. The highest BCUT2D eigenvalue weighted by molar-refractivity contribution is 7.99. The van der Waals surface area contributed by atoms with Gasteiger partial charge in [-0.2, -0.15) is 0 Å². The summed E-state index contributed by atoms with van der Waals surface area (Å²) in [4.78, 5) is 16.3. The molecule has 1 aromatic carbocycles. The zero-order chi connectivity index (χ0) is 13.8. The molecule has 0 spiro atoms. The van der Waals surface area contributed by atoms with Crippen LogP contribution in [0.25, 0.3) is 0 Å². The summed E-state index contributed by atoms with van der Waals surface area (Å²) in [6.07, 6.45) is 3.63. The Balaban J connectivity index is 2.03. The van der Waals surface area contributed by atoms with Gasteiger partial charge >= 0.3 is 0 Å². The molecule has 0 unspecified atom stereocenters. The van der Waals surface area contributed by atoms with Crippen molar-refractivity contribution in [2.24, 2.45) is 0 Å². The van der Waals surface area contributed by atoms with E-state index in [4.69, 9.17) is 23.2 Å². The zero-order valence-electron chi connectivity index (χ0n) is 10.3.